The zero-order valence-electron chi connectivity index (χ0n) is 12.5. The minimum Gasteiger partial charge on any atom is -0.397 e. The summed E-state index contributed by atoms with van der Waals surface area (Å²) in [6, 6.07) is 15.3. The number of nitrogens with two attached hydrogens (primary N) is 1. The molecular weight excluding hydrogens is 262 g/mol. The molecule has 4 nitrogen and oxygen atoms in total. The van der Waals surface area contributed by atoms with Crippen LogP contribution in [0.1, 0.15) is 12.5 Å². The summed E-state index contributed by atoms with van der Waals surface area (Å²) in [6.45, 7) is 5.00. The fourth-order valence-electron chi connectivity index (χ4n) is 2.24. The molecule has 21 heavy (non-hydrogen) atoms. The van der Waals surface area contributed by atoms with Gasteiger partial charge in [0.1, 0.15) is 0 Å². The molecule has 0 unspecified atom stereocenters. The molecular formula is C17H21N3O. The van der Waals surface area contributed by atoms with Crippen molar-refractivity contribution in [2.45, 2.75) is 13.8 Å². The lowest BCUT2D eigenvalue weighted by Gasteiger charge is -2.24. The van der Waals surface area contributed by atoms with E-state index in [9.17, 15) is 4.79 Å². The number of amides is 1. The number of likely N-dealkylation sites (N-methyl/N-ethyl adjacent to an activating group) is 1. The molecule has 2 rings (SSSR count). The summed E-state index contributed by atoms with van der Waals surface area (Å²) < 4.78 is 0. The number of hydrogen-bond acceptors (Lipinski definition) is 3. The molecule has 0 spiro atoms. The van der Waals surface area contributed by atoms with Gasteiger partial charge < -0.3 is 16.0 Å². The number of aryl methyl sites for hydroxylation is 1. The lowest BCUT2D eigenvalue weighted by atomic mass is 10.2. The molecule has 0 bridgehead atoms. The fraction of sp³-hybridized carbons (Fsp3) is 0.235. The molecule has 4 heteroatoms. The van der Waals surface area contributed by atoms with E-state index in [4.69, 9.17) is 5.73 Å². The Morgan fingerprint density at radius 3 is 2.62 bits per heavy atom. The van der Waals surface area contributed by atoms with Gasteiger partial charge in [0.2, 0.25) is 5.91 Å². The van der Waals surface area contributed by atoms with Crippen molar-refractivity contribution in [3.8, 4) is 0 Å². The van der Waals surface area contributed by atoms with Crippen molar-refractivity contribution in [1.82, 2.24) is 0 Å². The average molecular weight is 283 g/mol. The van der Waals surface area contributed by atoms with Crippen LogP contribution >= 0.6 is 0 Å². The van der Waals surface area contributed by atoms with E-state index in [0.29, 0.717) is 5.69 Å². The highest BCUT2D eigenvalue weighted by molar-refractivity contribution is 5.94. The Balaban J connectivity index is 2.05. The SMILES string of the molecule is CCN(CC(=O)Nc1cccc(C)c1)c1ccccc1N. The van der Waals surface area contributed by atoms with Gasteiger partial charge in [-0.05, 0) is 43.7 Å². The Bertz CT molecular complexity index is 625. The first-order valence-electron chi connectivity index (χ1n) is 7.06. The van der Waals surface area contributed by atoms with Crippen molar-refractivity contribution in [1.29, 1.82) is 0 Å². The Morgan fingerprint density at radius 1 is 1.19 bits per heavy atom. The van der Waals surface area contributed by atoms with Crippen LogP contribution in [0.3, 0.4) is 0 Å². The van der Waals surface area contributed by atoms with Gasteiger partial charge >= 0.3 is 0 Å². The highest BCUT2D eigenvalue weighted by Crippen LogP contribution is 2.22. The molecule has 0 fully saturated rings. The molecule has 2 aromatic carbocycles. The summed E-state index contributed by atoms with van der Waals surface area (Å²) in [4.78, 5) is 14.1. The van der Waals surface area contributed by atoms with E-state index < -0.39 is 0 Å². The summed E-state index contributed by atoms with van der Waals surface area (Å²) in [6.07, 6.45) is 0. The Kier molecular flexibility index (Phi) is 4.82. The lowest BCUT2D eigenvalue weighted by Crippen LogP contribution is -2.33. The summed E-state index contributed by atoms with van der Waals surface area (Å²) >= 11 is 0. The van der Waals surface area contributed by atoms with Crippen LogP contribution < -0.4 is 16.0 Å². The summed E-state index contributed by atoms with van der Waals surface area (Å²) in [7, 11) is 0. The third-order valence-corrected chi connectivity index (χ3v) is 3.30. The van der Waals surface area contributed by atoms with E-state index >= 15 is 0 Å². The van der Waals surface area contributed by atoms with E-state index in [1.165, 1.54) is 0 Å². The zero-order valence-corrected chi connectivity index (χ0v) is 12.5. The van der Waals surface area contributed by atoms with Crippen LogP contribution in [0.15, 0.2) is 48.5 Å². The van der Waals surface area contributed by atoms with Gasteiger partial charge in [-0.15, -0.1) is 0 Å². The Hall–Kier alpha value is -2.49. The highest BCUT2D eigenvalue weighted by Gasteiger charge is 2.12. The second-order valence-corrected chi connectivity index (χ2v) is 4.99. The van der Waals surface area contributed by atoms with E-state index in [0.717, 1.165) is 23.5 Å². The van der Waals surface area contributed by atoms with E-state index in [-0.39, 0.29) is 12.5 Å². The second kappa shape index (κ2) is 6.79. The number of benzene rings is 2. The number of carbonyl (C=O) groups is 1. The van der Waals surface area contributed by atoms with Crippen LogP contribution in [0, 0.1) is 6.92 Å². The first-order valence-corrected chi connectivity index (χ1v) is 7.06. The van der Waals surface area contributed by atoms with Crippen molar-refractivity contribution in [2.75, 3.05) is 29.0 Å². The lowest BCUT2D eigenvalue weighted by molar-refractivity contribution is -0.115. The molecule has 0 aliphatic carbocycles. The molecule has 0 aliphatic rings. The van der Waals surface area contributed by atoms with Crippen molar-refractivity contribution < 1.29 is 4.79 Å². The van der Waals surface area contributed by atoms with Crippen LogP contribution in [0.25, 0.3) is 0 Å². The average Bonchev–Trinajstić information content (AvgIpc) is 2.45. The van der Waals surface area contributed by atoms with Crippen LogP contribution in [-0.4, -0.2) is 19.0 Å². The van der Waals surface area contributed by atoms with Gasteiger partial charge in [-0.2, -0.15) is 0 Å². The number of para-hydroxylation sites is 2. The molecule has 0 aliphatic heterocycles. The van der Waals surface area contributed by atoms with Gasteiger partial charge in [0.05, 0.1) is 17.9 Å². The maximum Gasteiger partial charge on any atom is 0.243 e. The fourth-order valence-corrected chi connectivity index (χ4v) is 2.24. The van der Waals surface area contributed by atoms with Crippen LogP contribution in [0.2, 0.25) is 0 Å². The van der Waals surface area contributed by atoms with Crippen LogP contribution in [0.4, 0.5) is 17.1 Å². The normalized spacial score (nSPS) is 10.2. The topological polar surface area (TPSA) is 58.4 Å². The molecule has 0 saturated heterocycles. The maximum atomic E-state index is 12.2. The number of nitrogen functional groups attached to an aromatic ring is 1. The number of nitrogens with zero attached hydrogens (tertiary/aromatic N) is 1. The Morgan fingerprint density at radius 2 is 1.95 bits per heavy atom. The van der Waals surface area contributed by atoms with Crippen LogP contribution in [0.5, 0.6) is 0 Å². The first-order chi connectivity index (χ1) is 10.1. The monoisotopic (exact) mass is 283 g/mol. The minimum absolute atomic E-state index is 0.0503. The number of hydrogen-bond donors (Lipinski definition) is 2. The quantitative estimate of drug-likeness (QED) is 0.829. The first kappa shape index (κ1) is 14.9. The molecule has 2 aromatic rings. The van der Waals surface area contributed by atoms with Crippen molar-refractivity contribution in [2.24, 2.45) is 0 Å². The second-order valence-electron chi connectivity index (χ2n) is 4.99. The molecule has 0 saturated carbocycles. The molecule has 0 aromatic heterocycles. The van der Waals surface area contributed by atoms with Crippen LogP contribution in [-0.2, 0) is 4.79 Å². The third-order valence-electron chi connectivity index (χ3n) is 3.30. The van der Waals surface area contributed by atoms with Crippen molar-refractivity contribution in [3.63, 3.8) is 0 Å². The summed E-state index contributed by atoms with van der Waals surface area (Å²) in [5.41, 5.74) is 9.48. The Labute approximate surface area is 125 Å². The van der Waals surface area contributed by atoms with E-state index in [1.54, 1.807) is 0 Å². The number of anilines is 3. The van der Waals surface area contributed by atoms with Gasteiger partial charge in [-0.3, -0.25) is 4.79 Å². The molecule has 0 radical (unpaired) electrons. The predicted molar refractivity (Wildman–Crippen MR) is 88.6 cm³/mol. The van der Waals surface area contributed by atoms with Gasteiger partial charge in [-0.1, -0.05) is 24.3 Å². The third kappa shape index (κ3) is 3.99. The van der Waals surface area contributed by atoms with Gasteiger partial charge in [0, 0.05) is 12.2 Å². The van der Waals surface area contributed by atoms with E-state index in [1.807, 2.05) is 67.3 Å². The van der Waals surface area contributed by atoms with Gasteiger partial charge in [-0.25, -0.2) is 0 Å². The predicted octanol–water partition coefficient (Wildman–Crippen LogP) is 3.04. The zero-order chi connectivity index (χ0) is 15.2. The summed E-state index contributed by atoms with van der Waals surface area (Å²) in [5.74, 6) is -0.0503. The van der Waals surface area contributed by atoms with Gasteiger partial charge in [0.15, 0.2) is 0 Å². The highest BCUT2D eigenvalue weighted by atomic mass is 16.2. The van der Waals surface area contributed by atoms with Crippen molar-refractivity contribution >= 4 is 23.0 Å². The number of rotatable bonds is 5. The molecule has 110 valence electrons. The molecule has 0 heterocycles. The number of nitrogens with one attached hydrogen (secondary N) is 1. The van der Waals surface area contributed by atoms with Gasteiger partial charge in [0.25, 0.3) is 0 Å². The summed E-state index contributed by atoms with van der Waals surface area (Å²) in [5, 5.41) is 2.92. The standard InChI is InChI=1S/C17H21N3O/c1-3-20(16-10-5-4-9-15(16)18)12-17(21)19-14-8-6-7-13(2)11-14/h4-11H,3,12,18H2,1-2H3,(H,19,21). The van der Waals surface area contributed by atoms with Crippen molar-refractivity contribution in [3.05, 3.63) is 54.1 Å². The smallest absolute Gasteiger partial charge is 0.243 e. The molecule has 3 N–H and O–H groups in total. The number of carbonyl (C=O) groups excluding carboxylic acids is 1. The van der Waals surface area contributed by atoms with E-state index in [2.05, 4.69) is 5.32 Å². The molecule has 1 amide bonds. The molecule has 0 atom stereocenters. The maximum absolute atomic E-state index is 12.2. The minimum atomic E-state index is -0.0503. The largest absolute Gasteiger partial charge is 0.397 e.